The van der Waals surface area contributed by atoms with E-state index in [-0.39, 0.29) is 11.8 Å². The van der Waals surface area contributed by atoms with E-state index in [1.54, 1.807) is 40.8 Å². The summed E-state index contributed by atoms with van der Waals surface area (Å²) in [6.45, 7) is 1.78. The molecule has 0 radical (unpaired) electrons. The lowest BCUT2D eigenvalue weighted by Gasteiger charge is -2.25. The molecule has 2 aromatic carbocycles. The maximum Gasteiger partial charge on any atom is 0.231 e. The van der Waals surface area contributed by atoms with Crippen LogP contribution in [0, 0.1) is 5.92 Å². The minimum absolute atomic E-state index is 0.151. The average molecular weight is 492 g/mol. The minimum atomic E-state index is -1.65. The summed E-state index contributed by atoms with van der Waals surface area (Å²) in [5.41, 5.74) is 2.55. The number of amides is 1. The van der Waals surface area contributed by atoms with Gasteiger partial charge in [-0.3, -0.25) is 4.79 Å². The zero-order valence-electron chi connectivity index (χ0n) is 15.1. The first-order valence-electron chi connectivity index (χ1n) is 8.84. The summed E-state index contributed by atoms with van der Waals surface area (Å²) in [6.07, 6.45) is 3.45. The number of halogens is 2. The molecule has 3 aromatic rings. The molecule has 4 rings (SSSR count). The van der Waals surface area contributed by atoms with E-state index in [9.17, 15) is 9.18 Å². The summed E-state index contributed by atoms with van der Waals surface area (Å²) in [4.78, 5) is 16.6. The first-order valence-corrected chi connectivity index (χ1v) is 9.92. The van der Waals surface area contributed by atoms with E-state index in [2.05, 4.69) is 10.3 Å². The molecule has 1 aliphatic rings. The van der Waals surface area contributed by atoms with Gasteiger partial charge in [-0.15, -0.1) is 0 Å². The molecule has 2 heterocycles. The summed E-state index contributed by atoms with van der Waals surface area (Å²) in [5.74, 6) is 0.847. The fourth-order valence-electron chi connectivity index (χ4n) is 3.29. The minimum Gasteiger partial charge on any atom is -0.492 e. The number of benzene rings is 2. The van der Waals surface area contributed by atoms with Crippen LogP contribution in [0.25, 0.3) is 11.3 Å². The summed E-state index contributed by atoms with van der Waals surface area (Å²) in [6, 6.07) is 12.8. The molecule has 5 nitrogen and oxygen atoms in total. The number of carbonyl (C=O) groups is 1. The van der Waals surface area contributed by atoms with Crippen LogP contribution in [-0.2, 0) is 14.9 Å². The van der Waals surface area contributed by atoms with E-state index in [1.165, 1.54) is 19.5 Å². The van der Waals surface area contributed by atoms with E-state index in [0.29, 0.717) is 35.6 Å². The maximum absolute atomic E-state index is 14.8. The number of nitrogens with one attached hydrogen (secondary N) is 1. The number of ether oxygens (including phenoxy) is 1. The van der Waals surface area contributed by atoms with Gasteiger partial charge in [-0.1, -0.05) is 18.2 Å². The third kappa shape index (κ3) is 3.89. The zero-order chi connectivity index (χ0) is 19.7. The van der Waals surface area contributed by atoms with Gasteiger partial charge in [-0.25, -0.2) is 9.37 Å². The molecule has 144 valence electrons. The molecule has 0 spiro atoms. The first-order chi connectivity index (χ1) is 13.4. The van der Waals surface area contributed by atoms with Gasteiger partial charge in [0.05, 0.1) is 12.1 Å². The largest absolute Gasteiger partial charge is 0.492 e. The normalized spacial score (nSPS) is 17.9. The van der Waals surface area contributed by atoms with Crippen LogP contribution in [0.2, 0.25) is 0 Å². The molecule has 0 bridgehead atoms. The number of hydrogen-bond donors (Lipinski definition) is 1. The standard InChI is InChI=1S/C21H18FIN2O3/c1-21(22,23)17-9-15(6-7-16(17)19-10-24-12-28-19)25-20(26)14-8-13-4-2-3-5-18(13)27-11-14/h2-7,9-10,12,14H,8,11H2,1H3,(H,25,26). The van der Waals surface area contributed by atoms with E-state index >= 15 is 0 Å². The number of para-hydroxylation sites is 1. The Morgan fingerprint density at radius 2 is 2.14 bits per heavy atom. The Hall–Kier alpha value is -2.42. The highest BCUT2D eigenvalue weighted by Crippen LogP contribution is 2.40. The Balaban J connectivity index is 1.56. The number of fused-ring (bicyclic) bond motifs is 1. The summed E-state index contributed by atoms with van der Waals surface area (Å²) in [5, 5.41) is 2.89. The highest BCUT2D eigenvalue weighted by molar-refractivity contribution is 14.1. The molecule has 1 N–H and O–H groups in total. The Labute approximate surface area is 175 Å². The number of alkyl halides is 2. The number of carbonyl (C=O) groups excluding carboxylic acids is 1. The number of hydrogen-bond acceptors (Lipinski definition) is 4. The molecule has 2 atom stereocenters. The van der Waals surface area contributed by atoms with Gasteiger partial charge in [0.15, 0.2) is 15.8 Å². The van der Waals surface area contributed by atoms with Crippen LogP contribution in [0.4, 0.5) is 10.1 Å². The summed E-state index contributed by atoms with van der Waals surface area (Å²) >= 11 is 1.73. The SMILES string of the molecule is CC(F)(I)c1cc(NC(=O)C2COc3ccccc3C2)ccc1-c1cnco1. The highest BCUT2D eigenvalue weighted by Gasteiger charge is 2.29. The van der Waals surface area contributed by atoms with Gasteiger partial charge < -0.3 is 14.5 Å². The second-order valence-electron chi connectivity index (χ2n) is 6.82. The van der Waals surface area contributed by atoms with Crippen LogP contribution in [0.3, 0.4) is 0 Å². The van der Waals surface area contributed by atoms with Gasteiger partial charge in [-0.2, -0.15) is 0 Å². The molecular weight excluding hydrogens is 474 g/mol. The summed E-state index contributed by atoms with van der Waals surface area (Å²) in [7, 11) is 0. The lowest BCUT2D eigenvalue weighted by atomic mass is 9.95. The van der Waals surface area contributed by atoms with Gasteiger partial charge in [0.25, 0.3) is 0 Å². The van der Waals surface area contributed by atoms with E-state index in [1.807, 2.05) is 24.3 Å². The second-order valence-corrected chi connectivity index (χ2v) is 8.85. The predicted molar refractivity (Wildman–Crippen MR) is 112 cm³/mol. The number of nitrogens with zero attached hydrogens (tertiary/aromatic N) is 1. The van der Waals surface area contributed by atoms with Crippen LogP contribution in [0.15, 0.2) is 59.5 Å². The molecular formula is C21H18FIN2O3. The van der Waals surface area contributed by atoms with Gasteiger partial charge in [0, 0.05) is 16.8 Å². The van der Waals surface area contributed by atoms with Crippen molar-refractivity contribution >= 4 is 34.2 Å². The van der Waals surface area contributed by atoms with E-state index in [4.69, 9.17) is 9.15 Å². The molecule has 1 amide bonds. The van der Waals surface area contributed by atoms with Crippen molar-refractivity contribution in [2.45, 2.75) is 17.0 Å². The van der Waals surface area contributed by atoms with Gasteiger partial charge >= 0.3 is 0 Å². The number of anilines is 1. The Morgan fingerprint density at radius 1 is 1.32 bits per heavy atom. The lowest BCUT2D eigenvalue weighted by molar-refractivity contribution is -0.121. The van der Waals surface area contributed by atoms with Crippen molar-refractivity contribution in [3.8, 4) is 17.1 Å². The van der Waals surface area contributed by atoms with Crippen molar-refractivity contribution in [1.29, 1.82) is 0 Å². The van der Waals surface area contributed by atoms with Crippen LogP contribution >= 0.6 is 22.6 Å². The van der Waals surface area contributed by atoms with Crippen molar-refractivity contribution in [2.75, 3.05) is 11.9 Å². The quantitative estimate of drug-likeness (QED) is 0.406. The summed E-state index contributed by atoms with van der Waals surface area (Å²) < 4.78 is 24.2. The zero-order valence-corrected chi connectivity index (χ0v) is 17.3. The molecule has 1 aliphatic heterocycles. The van der Waals surface area contributed by atoms with Crippen molar-refractivity contribution in [1.82, 2.24) is 4.98 Å². The van der Waals surface area contributed by atoms with Crippen LogP contribution in [0.1, 0.15) is 18.1 Å². The molecule has 28 heavy (non-hydrogen) atoms. The Kier molecular flexibility index (Phi) is 5.09. The third-order valence-corrected chi connectivity index (χ3v) is 5.29. The maximum atomic E-state index is 14.8. The first kappa shape index (κ1) is 18.9. The van der Waals surface area contributed by atoms with Crippen molar-refractivity contribution in [2.24, 2.45) is 5.92 Å². The third-order valence-electron chi connectivity index (χ3n) is 4.71. The topological polar surface area (TPSA) is 64.4 Å². The van der Waals surface area contributed by atoms with E-state index < -0.39 is 3.68 Å². The molecule has 0 aliphatic carbocycles. The van der Waals surface area contributed by atoms with Crippen molar-refractivity contribution in [3.63, 3.8) is 0 Å². The van der Waals surface area contributed by atoms with Crippen LogP contribution < -0.4 is 10.1 Å². The van der Waals surface area contributed by atoms with Gasteiger partial charge in [-0.05, 0) is 65.8 Å². The van der Waals surface area contributed by atoms with Gasteiger partial charge in [0.1, 0.15) is 12.4 Å². The predicted octanol–water partition coefficient (Wildman–Crippen LogP) is 5.11. The second kappa shape index (κ2) is 7.54. The lowest BCUT2D eigenvalue weighted by Crippen LogP contribution is -2.32. The molecule has 7 heteroatoms. The van der Waals surface area contributed by atoms with Crippen molar-refractivity contribution in [3.05, 3.63) is 66.2 Å². The molecule has 2 unspecified atom stereocenters. The number of oxazole rings is 1. The van der Waals surface area contributed by atoms with Crippen molar-refractivity contribution < 1.29 is 18.3 Å². The number of rotatable bonds is 4. The average Bonchev–Trinajstić information content (AvgIpc) is 3.21. The van der Waals surface area contributed by atoms with E-state index in [0.717, 1.165) is 11.3 Å². The number of aromatic nitrogens is 1. The monoisotopic (exact) mass is 492 g/mol. The molecule has 0 saturated heterocycles. The molecule has 1 aromatic heterocycles. The smallest absolute Gasteiger partial charge is 0.231 e. The Morgan fingerprint density at radius 3 is 2.89 bits per heavy atom. The molecule has 0 fully saturated rings. The highest BCUT2D eigenvalue weighted by atomic mass is 127. The fraction of sp³-hybridized carbons (Fsp3) is 0.238. The Bertz CT molecular complexity index is 999. The fourth-order valence-corrected chi connectivity index (χ4v) is 3.74. The molecule has 0 saturated carbocycles. The van der Waals surface area contributed by atoms with Gasteiger partial charge in [0.2, 0.25) is 5.91 Å². The van der Waals surface area contributed by atoms with Crippen LogP contribution in [0.5, 0.6) is 5.75 Å². The van der Waals surface area contributed by atoms with Crippen LogP contribution in [-0.4, -0.2) is 17.5 Å².